The van der Waals surface area contributed by atoms with Gasteiger partial charge in [0.1, 0.15) is 11.5 Å². The minimum Gasteiger partial charge on any atom is -0.366 e. The van der Waals surface area contributed by atoms with Gasteiger partial charge in [-0.05, 0) is 49.7 Å². The highest BCUT2D eigenvalue weighted by Gasteiger charge is 2.09. The van der Waals surface area contributed by atoms with Crippen LogP contribution in [0, 0.1) is 18.6 Å². The first kappa shape index (κ1) is 17.2. The second-order valence-corrected chi connectivity index (χ2v) is 5.62. The van der Waals surface area contributed by atoms with Gasteiger partial charge in [-0.1, -0.05) is 11.6 Å². The normalized spacial score (nSPS) is 11.0. The molecule has 1 N–H and O–H groups in total. The average molecular weight is 338 g/mol. The fourth-order valence-corrected chi connectivity index (χ4v) is 2.05. The minimum atomic E-state index is -0.485. The Morgan fingerprint density at radius 2 is 1.91 bits per heavy atom. The van der Waals surface area contributed by atoms with E-state index in [0.29, 0.717) is 10.7 Å². The predicted octanol–water partition coefficient (Wildman–Crippen LogP) is 5.28. The van der Waals surface area contributed by atoms with Gasteiger partial charge in [0.15, 0.2) is 5.82 Å². The average Bonchev–Trinajstić information content (AvgIpc) is 2.52. The van der Waals surface area contributed by atoms with Crippen molar-refractivity contribution in [1.82, 2.24) is 4.90 Å². The molecule has 0 aliphatic carbocycles. The summed E-state index contributed by atoms with van der Waals surface area (Å²) in [6, 6.07) is 7.08. The molecule has 0 heterocycles. The van der Waals surface area contributed by atoms with E-state index in [1.807, 2.05) is 18.9 Å². The maximum Gasteiger partial charge on any atom is 0.150 e. The summed E-state index contributed by atoms with van der Waals surface area (Å²) in [4.78, 5) is 5.96. The van der Waals surface area contributed by atoms with Crippen LogP contribution in [-0.2, 0) is 0 Å². The molecule has 0 saturated carbocycles. The smallest absolute Gasteiger partial charge is 0.150 e. The molecule has 23 heavy (non-hydrogen) atoms. The lowest BCUT2D eigenvalue weighted by molar-refractivity contribution is 0.551. The Morgan fingerprint density at radius 1 is 1.17 bits per heavy atom. The first-order valence-electron chi connectivity index (χ1n) is 7.17. The molecule has 0 aliphatic heterocycles. The van der Waals surface area contributed by atoms with Crippen molar-refractivity contribution in [1.29, 1.82) is 0 Å². The van der Waals surface area contributed by atoms with Gasteiger partial charge in [-0.15, -0.1) is 0 Å². The standard InChI is InChI=1S/C17H18ClF2N3/c1-4-23(3)10-21-16-7-11(2)15(9-14(16)20)22-17-8-12(18)5-6-13(17)19/h5-10,22H,4H2,1-3H3. The molecule has 0 aromatic heterocycles. The van der Waals surface area contributed by atoms with Gasteiger partial charge in [0.2, 0.25) is 0 Å². The van der Waals surface area contributed by atoms with Crippen LogP contribution < -0.4 is 5.32 Å². The number of halogens is 3. The van der Waals surface area contributed by atoms with E-state index in [9.17, 15) is 8.78 Å². The van der Waals surface area contributed by atoms with Crippen LogP contribution in [0.4, 0.5) is 25.8 Å². The molecule has 122 valence electrons. The predicted molar refractivity (Wildman–Crippen MR) is 92.3 cm³/mol. The Balaban J connectivity index is 2.29. The van der Waals surface area contributed by atoms with E-state index in [4.69, 9.17) is 11.6 Å². The Labute approximate surface area is 139 Å². The number of aliphatic imine (C=N–C) groups is 1. The van der Waals surface area contributed by atoms with Gasteiger partial charge in [-0.2, -0.15) is 0 Å². The fraction of sp³-hybridized carbons (Fsp3) is 0.235. The molecule has 2 aromatic rings. The number of anilines is 2. The van der Waals surface area contributed by atoms with Gasteiger partial charge in [-0.3, -0.25) is 0 Å². The summed E-state index contributed by atoms with van der Waals surface area (Å²) >= 11 is 5.86. The number of hydrogen-bond donors (Lipinski definition) is 1. The highest BCUT2D eigenvalue weighted by Crippen LogP contribution is 2.30. The number of benzene rings is 2. The highest BCUT2D eigenvalue weighted by atomic mass is 35.5. The van der Waals surface area contributed by atoms with E-state index < -0.39 is 11.6 Å². The molecule has 3 nitrogen and oxygen atoms in total. The Bertz CT molecular complexity index is 732. The lowest BCUT2D eigenvalue weighted by Gasteiger charge is -2.13. The van der Waals surface area contributed by atoms with Crippen LogP contribution in [0.3, 0.4) is 0 Å². The van der Waals surface area contributed by atoms with Gasteiger partial charge >= 0.3 is 0 Å². The quantitative estimate of drug-likeness (QED) is 0.593. The molecular formula is C17H18ClF2N3. The minimum absolute atomic E-state index is 0.196. The molecule has 2 aromatic carbocycles. The molecule has 0 fully saturated rings. The molecule has 0 radical (unpaired) electrons. The van der Waals surface area contributed by atoms with Crippen LogP contribution in [0.5, 0.6) is 0 Å². The fourth-order valence-electron chi connectivity index (χ4n) is 1.88. The van der Waals surface area contributed by atoms with E-state index >= 15 is 0 Å². The molecule has 6 heteroatoms. The Kier molecular flexibility index (Phi) is 5.55. The second-order valence-electron chi connectivity index (χ2n) is 5.19. The van der Waals surface area contributed by atoms with E-state index in [-0.39, 0.29) is 11.4 Å². The zero-order valence-corrected chi connectivity index (χ0v) is 14.0. The number of aryl methyl sites for hydroxylation is 1. The number of hydrogen-bond acceptors (Lipinski definition) is 2. The molecular weight excluding hydrogens is 320 g/mol. The van der Waals surface area contributed by atoms with Gasteiger partial charge < -0.3 is 10.2 Å². The van der Waals surface area contributed by atoms with Crippen molar-refractivity contribution in [2.45, 2.75) is 13.8 Å². The van der Waals surface area contributed by atoms with E-state index in [1.165, 1.54) is 24.3 Å². The van der Waals surface area contributed by atoms with Crippen molar-refractivity contribution in [2.75, 3.05) is 18.9 Å². The lowest BCUT2D eigenvalue weighted by atomic mass is 10.1. The summed E-state index contributed by atoms with van der Waals surface area (Å²) in [7, 11) is 1.85. The van der Waals surface area contributed by atoms with Crippen LogP contribution in [0.2, 0.25) is 5.02 Å². The summed E-state index contributed by atoms with van der Waals surface area (Å²) in [5.74, 6) is -0.942. The van der Waals surface area contributed by atoms with Gasteiger partial charge in [0, 0.05) is 24.3 Å². The largest absolute Gasteiger partial charge is 0.366 e. The first-order valence-corrected chi connectivity index (χ1v) is 7.55. The third kappa shape index (κ3) is 4.42. The van der Waals surface area contributed by atoms with Crippen LogP contribution in [0.15, 0.2) is 35.3 Å². The number of rotatable bonds is 5. The first-order chi connectivity index (χ1) is 10.9. The van der Waals surface area contributed by atoms with Crippen molar-refractivity contribution in [3.05, 3.63) is 52.6 Å². The van der Waals surface area contributed by atoms with Crippen LogP contribution in [0.1, 0.15) is 12.5 Å². The van der Waals surface area contributed by atoms with Crippen LogP contribution in [0.25, 0.3) is 0 Å². The number of nitrogens with one attached hydrogen (secondary N) is 1. The monoisotopic (exact) mass is 337 g/mol. The summed E-state index contributed by atoms with van der Waals surface area (Å²) in [6.07, 6.45) is 1.57. The van der Waals surface area contributed by atoms with Crippen molar-refractivity contribution in [3.8, 4) is 0 Å². The van der Waals surface area contributed by atoms with Crippen molar-refractivity contribution >= 4 is 35.0 Å². The molecule has 2 rings (SSSR count). The van der Waals surface area contributed by atoms with Crippen LogP contribution in [-0.4, -0.2) is 24.8 Å². The molecule has 0 spiro atoms. The SMILES string of the molecule is CCN(C)C=Nc1cc(C)c(Nc2cc(Cl)ccc2F)cc1F. The van der Waals surface area contributed by atoms with Crippen molar-refractivity contribution < 1.29 is 8.78 Å². The van der Waals surface area contributed by atoms with E-state index in [2.05, 4.69) is 10.3 Å². The zero-order valence-electron chi connectivity index (χ0n) is 13.2. The van der Waals surface area contributed by atoms with Crippen LogP contribution >= 0.6 is 11.6 Å². The summed E-state index contributed by atoms with van der Waals surface area (Å²) in [5.41, 5.74) is 1.64. The third-order valence-corrected chi connectivity index (χ3v) is 3.62. The maximum absolute atomic E-state index is 14.2. The maximum atomic E-state index is 14.2. The lowest BCUT2D eigenvalue weighted by Crippen LogP contribution is -2.14. The number of nitrogens with zero attached hydrogens (tertiary/aromatic N) is 2. The summed E-state index contributed by atoms with van der Waals surface area (Å²) in [6.45, 7) is 4.55. The van der Waals surface area contributed by atoms with Gasteiger partial charge in [-0.25, -0.2) is 13.8 Å². The summed E-state index contributed by atoms with van der Waals surface area (Å²) < 4.78 is 27.9. The zero-order chi connectivity index (χ0) is 17.0. The Morgan fingerprint density at radius 3 is 2.61 bits per heavy atom. The molecule has 0 aliphatic rings. The topological polar surface area (TPSA) is 27.6 Å². The second kappa shape index (κ2) is 7.42. The third-order valence-electron chi connectivity index (χ3n) is 3.38. The Hall–Kier alpha value is -2.14. The van der Waals surface area contributed by atoms with E-state index in [0.717, 1.165) is 12.1 Å². The molecule has 0 saturated heterocycles. The summed E-state index contributed by atoms with van der Waals surface area (Å²) in [5, 5.41) is 3.26. The van der Waals surface area contributed by atoms with E-state index in [1.54, 1.807) is 19.3 Å². The molecule has 0 bridgehead atoms. The molecule has 0 atom stereocenters. The molecule has 0 amide bonds. The van der Waals surface area contributed by atoms with Gasteiger partial charge in [0.05, 0.1) is 12.0 Å². The van der Waals surface area contributed by atoms with Crippen molar-refractivity contribution in [3.63, 3.8) is 0 Å². The van der Waals surface area contributed by atoms with Crippen molar-refractivity contribution in [2.24, 2.45) is 4.99 Å². The molecule has 0 unspecified atom stereocenters. The highest BCUT2D eigenvalue weighted by molar-refractivity contribution is 6.30. The van der Waals surface area contributed by atoms with Gasteiger partial charge in [0.25, 0.3) is 0 Å².